The minimum atomic E-state index is -4.72. The molecule has 0 amide bonds. The smallest absolute Gasteiger partial charge is 0.267 e. The van der Waals surface area contributed by atoms with Gasteiger partial charge in [-0.2, -0.15) is 23.4 Å². The van der Waals surface area contributed by atoms with Crippen molar-refractivity contribution in [2.45, 2.75) is 77.1 Å². The van der Waals surface area contributed by atoms with Gasteiger partial charge in [-0.05, 0) is 86.8 Å². The second-order valence-corrected chi connectivity index (χ2v) is 10.5. The summed E-state index contributed by atoms with van der Waals surface area (Å²) in [4.78, 5) is 17.6. The number of alkyl halides is 5. The van der Waals surface area contributed by atoms with Crippen LogP contribution >= 0.6 is 0 Å². The lowest BCUT2D eigenvalue weighted by Crippen LogP contribution is -2.31. The highest BCUT2D eigenvalue weighted by atomic mass is 19.4. The Kier molecular flexibility index (Phi) is 8.25. The van der Waals surface area contributed by atoms with Gasteiger partial charge >= 0.3 is 6.18 Å². The molecule has 1 saturated carbocycles. The third kappa shape index (κ3) is 5.71. The molecule has 5 rings (SSSR count). The molecule has 1 aliphatic rings. The van der Waals surface area contributed by atoms with E-state index >= 15 is 0 Å². The first-order valence-electron chi connectivity index (χ1n) is 13.7. The molecule has 0 aliphatic heterocycles. The molecule has 222 valence electrons. The Morgan fingerprint density at radius 1 is 1.02 bits per heavy atom. The molecule has 3 aromatic heterocycles. The number of hydrogen-bond acceptors (Lipinski definition) is 4. The van der Waals surface area contributed by atoms with Crippen molar-refractivity contribution < 1.29 is 26.3 Å². The van der Waals surface area contributed by atoms with E-state index in [1.54, 1.807) is 13.0 Å². The fourth-order valence-corrected chi connectivity index (χ4v) is 5.99. The van der Waals surface area contributed by atoms with Gasteiger partial charge in [-0.25, -0.2) is 17.9 Å². The standard InChI is InChI=1S/C30H29F6N5O/c1-3-40-27(28(32)33)21(15-38-40)24-14-20(18-9-11-19(12-10-18)26-17(2)6-4-8-23(26)31)29(42)41(39-24)16-25-22(30(34,35)36)7-5-13-37-25/h4-8,13-15,18-19,28H,3,9-12,16H2,1-2H3. The fourth-order valence-electron chi connectivity index (χ4n) is 5.99. The van der Waals surface area contributed by atoms with Crippen molar-refractivity contribution >= 4 is 0 Å². The molecule has 0 radical (unpaired) electrons. The van der Waals surface area contributed by atoms with E-state index in [1.165, 1.54) is 24.5 Å². The summed E-state index contributed by atoms with van der Waals surface area (Å²) in [6.45, 7) is 3.06. The molecule has 0 bridgehead atoms. The van der Waals surface area contributed by atoms with E-state index in [9.17, 15) is 31.1 Å². The Morgan fingerprint density at radius 3 is 2.38 bits per heavy atom. The van der Waals surface area contributed by atoms with Crippen LogP contribution in [0.1, 0.15) is 84.5 Å². The van der Waals surface area contributed by atoms with Gasteiger partial charge in [-0.3, -0.25) is 14.5 Å². The van der Waals surface area contributed by atoms with Gasteiger partial charge < -0.3 is 0 Å². The molecule has 0 spiro atoms. The minimum absolute atomic E-state index is 0.00502. The topological polar surface area (TPSA) is 65.6 Å². The van der Waals surface area contributed by atoms with Crippen molar-refractivity contribution in [3.63, 3.8) is 0 Å². The van der Waals surface area contributed by atoms with Crippen LogP contribution in [-0.4, -0.2) is 24.5 Å². The van der Waals surface area contributed by atoms with Crippen molar-refractivity contribution in [2.24, 2.45) is 0 Å². The summed E-state index contributed by atoms with van der Waals surface area (Å²) in [7, 11) is 0. The van der Waals surface area contributed by atoms with Crippen LogP contribution in [0.2, 0.25) is 0 Å². The summed E-state index contributed by atoms with van der Waals surface area (Å²) >= 11 is 0. The second-order valence-electron chi connectivity index (χ2n) is 10.5. The summed E-state index contributed by atoms with van der Waals surface area (Å²) in [5.41, 5.74) is -0.692. The van der Waals surface area contributed by atoms with E-state index in [2.05, 4.69) is 15.2 Å². The molecule has 1 aliphatic carbocycles. The number of halogens is 6. The number of benzene rings is 1. The van der Waals surface area contributed by atoms with Crippen molar-refractivity contribution in [1.29, 1.82) is 0 Å². The van der Waals surface area contributed by atoms with E-state index in [-0.39, 0.29) is 41.0 Å². The monoisotopic (exact) mass is 589 g/mol. The molecule has 0 atom stereocenters. The molecule has 3 heterocycles. The molecule has 4 aromatic rings. The van der Waals surface area contributed by atoms with Gasteiger partial charge in [0, 0.05) is 23.9 Å². The number of pyridine rings is 1. The summed E-state index contributed by atoms with van der Waals surface area (Å²) in [6.07, 6.45) is -3.04. The van der Waals surface area contributed by atoms with Crippen LogP contribution in [0.25, 0.3) is 11.3 Å². The number of rotatable bonds is 7. The Bertz CT molecular complexity index is 1620. The lowest BCUT2D eigenvalue weighted by atomic mass is 9.75. The Balaban J connectivity index is 1.57. The van der Waals surface area contributed by atoms with Gasteiger partial charge in [0.25, 0.3) is 12.0 Å². The van der Waals surface area contributed by atoms with E-state index in [4.69, 9.17) is 0 Å². The first kappa shape index (κ1) is 29.5. The summed E-state index contributed by atoms with van der Waals surface area (Å²) in [5, 5.41) is 8.28. The first-order valence-corrected chi connectivity index (χ1v) is 13.7. The summed E-state index contributed by atoms with van der Waals surface area (Å²) in [5.74, 6) is -0.659. The molecule has 0 unspecified atom stereocenters. The van der Waals surface area contributed by atoms with Gasteiger partial charge in [0.05, 0.1) is 29.7 Å². The first-order chi connectivity index (χ1) is 20.0. The predicted molar refractivity (Wildman–Crippen MR) is 144 cm³/mol. The predicted octanol–water partition coefficient (Wildman–Crippen LogP) is 7.42. The van der Waals surface area contributed by atoms with Gasteiger partial charge in [-0.1, -0.05) is 12.1 Å². The van der Waals surface area contributed by atoms with Crippen LogP contribution in [0.3, 0.4) is 0 Å². The molecular formula is C30H29F6N5O. The van der Waals surface area contributed by atoms with Crippen LogP contribution < -0.4 is 5.56 Å². The SMILES string of the molecule is CCn1ncc(-c2cc(C3CCC(c4c(C)cccc4F)CC3)c(=O)n(Cc3ncccc3C(F)(F)F)n2)c1C(F)F. The summed E-state index contributed by atoms with van der Waals surface area (Å²) in [6, 6.07) is 8.39. The molecule has 12 heteroatoms. The van der Waals surface area contributed by atoms with Crippen molar-refractivity contribution in [1.82, 2.24) is 24.5 Å². The van der Waals surface area contributed by atoms with Crippen molar-refractivity contribution in [2.75, 3.05) is 0 Å². The van der Waals surface area contributed by atoms with Gasteiger partial charge in [0.1, 0.15) is 11.5 Å². The molecule has 1 fully saturated rings. The molecule has 0 N–H and O–H groups in total. The fraction of sp³-hybridized carbons (Fsp3) is 0.400. The largest absolute Gasteiger partial charge is 0.418 e. The second kappa shape index (κ2) is 11.7. The molecule has 6 nitrogen and oxygen atoms in total. The van der Waals surface area contributed by atoms with Crippen LogP contribution in [0.5, 0.6) is 0 Å². The highest BCUT2D eigenvalue weighted by Crippen LogP contribution is 2.42. The minimum Gasteiger partial charge on any atom is -0.267 e. The lowest BCUT2D eigenvalue weighted by Gasteiger charge is -2.30. The van der Waals surface area contributed by atoms with Gasteiger partial charge in [0.2, 0.25) is 0 Å². The quantitative estimate of drug-likeness (QED) is 0.211. The zero-order valence-corrected chi connectivity index (χ0v) is 23.0. The maximum absolute atomic E-state index is 14.7. The zero-order valence-electron chi connectivity index (χ0n) is 23.0. The van der Waals surface area contributed by atoms with Crippen LogP contribution in [-0.2, 0) is 19.3 Å². The highest BCUT2D eigenvalue weighted by molar-refractivity contribution is 5.62. The van der Waals surface area contributed by atoms with Gasteiger partial charge in [0.15, 0.2) is 0 Å². The number of hydrogen-bond donors (Lipinski definition) is 0. The maximum atomic E-state index is 14.7. The maximum Gasteiger partial charge on any atom is 0.418 e. The molecule has 42 heavy (non-hydrogen) atoms. The average Bonchev–Trinajstić information content (AvgIpc) is 3.39. The third-order valence-corrected chi connectivity index (χ3v) is 8.01. The Hall–Kier alpha value is -3.96. The molecule has 1 aromatic carbocycles. The van der Waals surface area contributed by atoms with Crippen molar-refractivity contribution in [3.05, 3.63) is 98.6 Å². The van der Waals surface area contributed by atoms with E-state index in [0.717, 1.165) is 27.1 Å². The Labute approximate surface area is 238 Å². The van der Waals surface area contributed by atoms with Crippen LogP contribution in [0.4, 0.5) is 26.3 Å². The average molecular weight is 590 g/mol. The van der Waals surface area contributed by atoms with E-state index in [0.29, 0.717) is 31.2 Å². The normalized spacial score (nSPS) is 17.6. The Morgan fingerprint density at radius 2 is 1.74 bits per heavy atom. The van der Waals surface area contributed by atoms with E-state index in [1.807, 2.05) is 13.0 Å². The number of nitrogens with zero attached hydrogens (tertiary/aromatic N) is 5. The van der Waals surface area contributed by atoms with Crippen LogP contribution in [0, 0.1) is 12.7 Å². The number of aromatic nitrogens is 5. The zero-order chi connectivity index (χ0) is 30.2. The van der Waals surface area contributed by atoms with E-state index < -0.39 is 41.7 Å². The highest BCUT2D eigenvalue weighted by Gasteiger charge is 2.35. The van der Waals surface area contributed by atoms with Gasteiger partial charge in [-0.15, -0.1) is 0 Å². The number of aryl methyl sites for hydroxylation is 2. The lowest BCUT2D eigenvalue weighted by molar-refractivity contribution is -0.138. The third-order valence-electron chi connectivity index (χ3n) is 8.01. The van der Waals surface area contributed by atoms with Crippen LogP contribution in [0.15, 0.2) is 53.6 Å². The summed E-state index contributed by atoms with van der Waals surface area (Å²) < 4.78 is 86.0. The molecular weight excluding hydrogens is 560 g/mol. The molecule has 0 saturated heterocycles. The van der Waals surface area contributed by atoms with Crippen molar-refractivity contribution in [3.8, 4) is 11.3 Å².